The number of aliphatic hydroxyl groups excluding tert-OH is 2. The van der Waals surface area contributed by atoms with Gasteiger partial charge in [0, 0.05) is 6.42 Å². The average Bonchev–Trinajstić information content (AvgIpc) is 3.19. The first-order valence-electron chi connectivity index (χ1n) is 23.2. The summed E-state index contributed by atoms with van der Waals surface area (Å²) in [5.74, 6) is -0.553. The number of hydrogen-bond acceptors (Lipinski definition) is 5. The van der Waals surface area contributed by atoms with Gasteiger partial charge in [-0.2, -0.15) is 0 Å². The van der Waals surface area contributed by atoms with Crippen molar-refractivity contribution >= 4 is 11.9 Å². The minimum Gasteiger partial charge on any atom is -0.462 e. The molecule has 0 saturated carbocycles. The minimum absolute atomic E-state index is 0.0255. The molecule has 0 aromatic rings. The molecule has 322 valence electrons. The summed E-state index contributed by atoms with van der Waals surface area (Å²) in [5.41, 5.74) is 0. The van der Waals surface area contributed by atoms with Crippen molar-refractivity contribution in [3.05, 3.63) is 72.9 Å². The van der Waals surface area contributed by atoms with E-state index in [1.807, 2.05) is 60.8 Å². The summed E-state index contributed by atoms with van der Waals surface area (Å²) in [6.45, 7) is 6.28. The number of allylic oxidation sites excluding steroid dienone is 12. The Bertz CT molecular complexity index is 1060. The van der Waals surface area contributed by atoms with Gasteiger partial charge in [-0.25, -0.2) is 0 Å². The van der Waals surface area contributed by atoms with Crippen LogP contribution in [0.5, 0.6) is 0 Å². The fourth-order valence-electron chi connectivity index (χ4n) is 6.70. The Kier molecular flexibility index (Phi) is 41.3. The van der Waals surface area contributed by atoms with Crippen LogP contribution >= 0.6 is 0 Å². The van der Waals surface area contributed by atoms with E-state index in [-0.39, 0.29) is 24.9 Å². The van der Waals surface area contributed by atoms with Crippen molar-refractivity contribution in [3.63, 3.8) is 0 Å². The lowest BCUT2D eigenvalue weighted by atomic mass is 10.0. The van der Waals surface area contributed by atoms with E-state index in [0.717, 1.165) is 57.8 Å². The third-order valence-electron chi connectivity index (χ3n) is 10.2. The normalized spacial score (nSPS) is 14.0. The highest BCUT2D eigenvalue weighted by Crippen LogP contribution is 2.17. The number of nitrogens with one attached hydrogen (secondary N) is 1. The summed E-state index contributed by atoms with van der Waals surface area (Å²) in [7, 11) is 0. The van der Waals surface area contributed by atoms with Gasteiger partial charge in [-0.1, -0.05) is 229 Å². The predicted molar refractivity (Wildman–Crippen MR) is 241 cm³/mol. The summed E-state index contributed by atoms with van der Waals surface area (Å²) < 4.78 is 5.86. The Morgan fingerprint density at radius 2 is 0.964 bits per heavy atom. The molecule has 0 aromatic carbocycles. The van der Waals surface area contributed by atoms with Gasteiger partial charge < -0.3 is 20.3 Å². The van der Waals surface area contributed by atoms with Crippen LogP contribution in [-0.2, 0) is 14.3 Å². The van der Waals surface area contributed by atoms with Crippen LogP contribution in [0.4, 0.5) is 0 Å². The van der Waals surface area contributed by atoms with Crippen molar-refractivity contribution in [2.75, 3.05) is 6.61 Å². The second-order valence-corrected chi connectivity index (χ2v) is 15.6. The molecular formula is C50H87NO5. The van der Waals surface area contributed by atoms with Crippen LogP contribution in [0, 0.1) is 0 Å². The lowest BCUT2D eigenvalue weighted by molar-refractivity contribution is -0.151. The first-order valence-corrected chi connectivity index (χ1v) is 23.2. The first-order chi connectivity index (χ1) is 27.5. The lowest BCUT2D eigenvalue weighted by Gasteiger charge is -2.24. The van der Waals surface area contributed by atoms with Crippen LogP contribution in [0.15, 0.2) is 72.9 Å². The molecule has 0 rings (SSSR count). The van der Waals surface area contributed by atoms with Crippen molar-refractivity contribution in [2.45, 2.75) is 225 Å². The zero-order valence-electron chi connectivity index (χ0n) is 36.5. The Morgan fingerprint density at radius 3 is 1.43 bits per heavy atom. The van der Waals surface area contributed by atoms with Gasteiger partial charge in [0.05, 0.1) is 25.2 Å². The molecule has 0 radical (unpaired) electrons. The molecule has 0 heterocycles. The number of amides is 1. The maximum Gasteiger partial charge on any atom is 0.306 e. The van der Waals surface area contributed by atoms with Crippen molar-refractivity contribution in [3.8, 4) is 0 Å². The van der Waals surface area contributed by atoms with Gasteiger partial charge in [-0.3, -0.25) is 9.59 Å². The van der Waals surface area contributed by atoms with Crippen molar-refractivity contribution in [2.24, 2.45) is 0 Å². The number of ether oxygens (including phenoxy) is 1. The standard InChI is InChI=1S/C50H87NO5/c1-4-7-10-13-16-19-22-23-24-25-28-29-32-35-38-41-46(56-50(55)43-40-37-34-31-27-21-18-15-12-9-6-3)44-49(54)51-47(45-52)48(53)42-39-36-33-30-26-20-17-14-11-8-5-2/h7,10,13,16,19,22-25,28-29,32,46-48,52-53H,4-6,8-9,11-12,14-15,17-18,20-21,26-27,30-31,33-45H2,1-3H3,(H,51,54)/b10-7-,16-13+,22-19+,24-23-,28-25+,32-29+. The van der Waals surface area contributed by atoms with Crippen LogP contribution in [0.1, 0.15) is 207 Å². The third kappa shape index (κ3) is 38.2. The molecule has 6 nitrogen and oxygen atoms in total. The third-order valence-corrected chi connectivity index (χ3v) is 10.2. The molecule has 0 aliphatic rings. The highest BCUT2D eigenvalue weighted by atomic mass is 16.5. The average molecular weight is 782 g/mol. The molecule has 0 spiro atoms. The van der Waals surface area contributed by atoms with E-state index < -0.39 is 18.2 Å². The largest absolute Gasteiger partial charge is 0.462 e. The molecule has 56 heavy (non-hydrogen) atoms. The molecule has 0 saturated heterocycles. The highest BCUT2D eigenvalue weighted by Gasteiger charge is 2.24. The number of aliphatic hydroxyl groups is 2. The van der Waals surface area contributed by atoms with E-state index in [1.54, 1.807) is 0 Å². The van der Waals surface area contributed by atoms with Crippen LogP contribution in [0.3, 0.4) is 0 Å². The number of rotatable bonds is 40. The van der Waals surface area contributed by atoms with Crippen LogP contribution in [0.2, 0.25) is 0 Å². The van der Waals surface area contributed by atoms with Gasteiger partial charge in [0.25, 0.3) is 0 Å². The molecule has 0 aromatic heterocycles. The maximum absolute atomic E-state index is 13.1. The number of hydrogen-bond donors (Lipinski definition) is 3. The van der Waals surface area contributed by atoms with Gasteiger partial charge in [0.2, 0.25) is 5.91 Å². The Morgan fingerprint density at radius 1 is 0.536 bits per heavy atom. The summed E-state index contributed by atoms with van der Waals surface area (Å²) in [6, 6.07) is -0.725. The second kappa shape index (κ2) is 43.4. The van der Waals surface area contributed by atoms with Crippen LogP contribution in [0.25, 0.3) is 0 Å². The minimum atomic E-state index is -0.807. The van der Waals surface area contributed by atoms with Gasteiger partial charge in [0.1, 0.15) is 6.10 Å². The summed E-state index contributed by atoms with van der Waals surface area (Å²) in [5, 5.41) is 23.6. The van der Waals surface area contributed by atoms with Crippen LogP contribution < -0.4 is 5.32 Å². The number of esters is 1. The smallest absolute Gasteiger partial charge is 0.306 e. The van der Waals surface area contributed by atoms with E-state index in [9.17, 15) is 19.8 Å². The first kappa shape index (κ1) is 53.3. The van der Waals surface area contributed by atoms with E-state index >= 15 is 0 Å². The molecule has 0 bridgehead atoms. The molecular weight excluding hydrogens is 695 g/mol. The van der Waals surface area contributed by atoms with E-state index in [4.69, 9.17) is 4.74 Å². The number of carbonyl (C=O) groups excluding carboxylic acids is 2. The van der Waals surface area contributed by atoms with Gasteiger partial charge in [-0.15, -0.1) is 0 Å². The summed E-state index contributed by atoms with van der Waals surface area (Å²) in [4.78, 5) is 26.0. The molecule has 3 unspecified atom stereocenters. The van der Waals surface area contributed by atoms with Gasteiger partial charge in [0.15, 0.2) is 0 Å². The number of carbonyl (C=O) groups is 2. The SMILES string of the molecule is CC\C=C/C=C/C=C/C=C\C=C\C=C\CCCC(CC(=O)NC(CO)C(O)CCCCCCCCCCCCC)OC(=O)CCCCCCCCCCCCC. The van der Waals surface area contributed by atoms with Gasteiger partial charge >= 0.3 is 5.97 Å². The van der Waals surface area contributed by atoms with E-state index in [1.165, 1.54) is 103 Å². The Balaban J connectivity index is 4.77. The maximum atomic E-state index is 13.1. The fraction of sp³-hybridized carbons (Fsp3) is 0.720. The monoisotopic (exact) mass is 782 g/mol. The molecule has 0 fully saturated rings. The fourth-order valence-corrected chi connectivity index (χ4v) is 6.70. The van der Waals surface area contributed by atoms with Crippen molar-refractivity contribution in [1.29, 1.82) is 0 Å². The predicted octanol–water partition coefficient (Wildman–Crippen LogP) is 13.4. The molecule has 0 aliphatic heterocycles. The van der Waals surface area contributed by atoms with Crippen LogP contribution in [-0.4, -0.2) is 46.9 Å². The van der Waals surface area contributed by atoms with E-state index in [2.05, 4.69) is 38.2 Å². The summed E-state index contributed by atoms with van der Waals surface area (Å²) in [6.07, 6.45) is 53.9. The molecule has 3 atom stereocenters. The highest BCUT2D eigenvalue weighted by molar-refractivity contribution is 5.77. The molecule has 6 heteroatoms. The molecule has 3 N–H and O–H groups in total. The Hall–Kier alpha value is -2.70. The Labute approximate surface area is 345 Å². The zero-order chi connectivity index (χ0) is 41.0. The topological polar surface area (TPSA) is 95.9 Å². The quantitative estimate of drug-likeness (QED) is 0.0327. The number of unbranched alkanes of at least 4 members (excludes halogenated alkanes) is 21. The van der Waals surface area contributed by atoms with Gasteiger partial charge in [-0.05, 0) is 38.5 Å². The molecule has 1 amide bonds. The van der Waals surface area contributed by atoms with E-state index in [0.29, 0.717) is 19.3 Å². The lowest BCUT2D eigenvalue weighted by Crippen LogP contribution is -2.46. The molecule has 0 aliphatic carbocycles. The van der Waals surface area contributed by atoms with Crippen molar-refractivity contribution < 1.29 is 24.5 Å². The second-order valence-electron chi connectivity index (χ2n) is 15.6. The summed E-state index contributed by atoms with van der Waals surface area (Å²) >= 11 is 0. The van der Waals surface area contributed by atoms with Crippen molar-refractivity contribution in [1.82, 2.24) is 5.32 Å². The zero-order valence-corrected chi connectivity index (χ0v) is 36.5.